The molecule has 0 unspecified atom stereocenters. The first-order chi connectivity index (χ1) is 14.8. The van der Waals surface area contributed by atoms with E-state index in [1.165, 1.54) is 5.56 Å². The number of benzene rings is 2. The lowest BCUT2D eigenvalue weighted by atomic mass is 10.1. The third kappa shape index (κ3) is 7.94. The molecule has 2 rings (SSSR count). The third-order valence-electron chi connectivity index (χ3n) is 5.30. The lowest BCUT2D eigenvalue weighted by Gasteiger charge is -2.29. The van der Waals surface area contributed by atoms with Crippen molar-refractivity contribution in [2.45, 2.75) is 58.5 Å². The SMILES string of the molecule is CC[C@H](C)NC(=O)[C@@H](C)N(Cc1ccc(C)cc1)C(=O)CSCc1ccc(OC)cc1. The number of nitrogens with one attached hydrogen (secondary N) is 1. The minimum Gasteiger partial charge on any atom is -0.497 e. The molecule has 0 fully saturated rings. The molecule has 0 aliphatic rings. The highest BCUT2D eigenvalue weighted by atomic mass is 32.2. The molecule has 0 heterocycles. The van der Waals surface area contributed by atoms with Crippen LogP contribution in [0.3, 0.4) is 0 Å². The summed E-state index contributed by atoms with van der Waals surface area (Å²) in [4.78, 5) is 27.5. The molecule has 0 saturated carbocycles. The van der Waals surface area contributed by atoms with Gasteiger partial charge < -0.3 is 15.0 Å². The molecule has 0 bridgehead atoms. The second kappa shape index (κ2) is 12.4. The van der Waals surface area contributed by atoms with Crippen molar-refractivity contribution < 1.29 is 14.3 Å². The molecule has 0 spiro atoms. The Morgan fingerprint density at radius 3 is 2.23 bits per heavy atom. The van der Waals surface area contributed by atoms with Crippen molar-refractivity contribution >= 4 is 23.6 Å². The highest BCUT2D eigenvalue weighted by Gasteiger charge is 2.26. The number of thioether (sulfide) groups is 1. The van der Waals surface area contributed by atoms with Crippen LogP contribution in [-0.2, 0) is 21.9 Å². The summed E-state index contributed by atoms with van der Waals surface area (Å²) in [6, 6.07) is 15.5. The molecule has 168 valence electrons. The summed E-state index contributed by atoms with van der Waals surface area (Å²) in [6.07, 6.45) is 0.849. The Bertz CT molecular complexity index is 837. The summed E-state index contributed by atoms with van der Waals surface area (Å²) in [7, 11) is 1.64. The second-order valence-electron chi connectivity index (χ2n) is 7.84. The predicted molar refractivity (Wildman–Crippen MR) is 128 cm³/mol. The molecule has 6 heteroatoms. The van der Waals surface area contributed by atoms with Gasteiger partial charge >= 0.3 is 0 Å². The van der Waals surface area contributed by atoms with E-state index in [1.54, 1.807) is 30.7 Å². The van der Waals surface area contributed by atoms with E-state index in [0.29, 0.717) is 12.3 Å². The Hall–Kier alpha value is -2.47. The maximum Gasteiger partial charge on any atom is 0.242 e. The Labute approximate surface area is 190 Å². The quantitative estimate of drug-likeness (QED) is 0.554. The highest BCUT2D eigenvalue weighted by Crippen LogP contribution is 2.18. The summed E-state index contributed by atoms with van der Waals surface area (Å²) in [5.74, 6) is 1.71. The van der Waals surface area contributed by atoms with Crippen LogP contribution in [0.25, 0.3) is 0 Å². The topological polar surface area (TPSA) is 58.6 Å². The normalized spacial score (nSPS) is 12.7. The van der Waals surface area contributed by atoms with Crippen molar-refractivity contribution in [3.8, 4) is 5.75 Å². The fourth-order valence-corrected chi connectivity index (χ4v) is 3.87. The Balaban J connectivity index is 2.04. The van der Waals surface area contributed by atoms with E-state index < -0.39 is 6.04 Å². The first kappa shape index (κ1) is 24.8. The van der Waals surface area contributed by atoms with Crippen molar-refractivity contribution in [2.24, 2.45) is 0 Å². The monoisotopic (exact) mass is 442 g/mol. The second-order valence-corrected chi connectivity index (χ2v) is 8.83. The van der Waals surface area contributed by atoms with Crippen LogP contribution in [0.5, 0.6) is 5.75 Å². The van der Waals surface area contributed by atoms with Gasteiger partial charge in [-0.2, -0.15) is 0 Å². The van der Waals surface area contributed by atoms with E-state index in [9.17, 15) is 9.59 Å². The molecule has 1 N–H and O–H groups in total. The van der Waals surface area contributed by atoms with Crippen LogP contribution in [0.4, 0.5) is 0 Å². The maximum atomic E-state index is 13.1. The third-order valence-corrected chi connectivity index (χ3v) is 6.28. The van der Waals surface area contributed by atoms with Gasteiger partial charge in [0.2, 0.25) is 11.8 Å². The minimum absolute atomic E-state index is 0.0362. The van der Waals surface area contributed by atoms with E-state index in [4.69, 9.17) is 4.74 Å². The van der Waals surface area contributed by atoms with Gasteiger partial charge in [0.05, 0.1) is 12.9 Å². The van der Waals surface area contributed by atoms with E-state index in [0.717, 1.165) is 29.1 Å². The van der Waals surface area contributed by atoms with E-state index >= 15 is 0 Å². The van der Waals surface area contributed by atoms with Gasteiger partial charge in [0, 0.05) is 18.3 Å². The minimum atomic E-state index is -0.538. The van der Waals surface area contributed by atoms with Gasteiger partial charge in [0.25, 0.3) is 0 Å². The van der Waals surface area contributed by atoms with Gasteiger partial charge in [-0.3, -0.25) is 9.59 Å². The van der Waals surface area contributed by atoms with Crippen LogP contribution in [0.2, 0.25) is 0 Å². The largest absolute Gasteiger partial charge is 0.497 e. The fourth-order valence-electron chi connectivity index (χ4n) is 3.00. The molecule has 2 atom stereocenters. The molecule has 0 aliphatic carbocycles. The Kier molecular flexibility index (Phi) is 9.92. The van der Waals surface area contributed by atoms with Crippen LogP contribution in [0, 0.1) is 6.92 Å². The van der Waals surface area contributed by atoms with Gasteiger partial charge in [-0.25, -0.2) is 0 Å². The van der Waals surface area contributed by atoms with Gasteiger partial charge in [-0.05, 0) is 50.5 Å². The summed E-state index contributed by atoms with van der Waals surface area (Å²) >= 11 is 1.55. The van der Waals surface area contributed by atoms with Gasteiger partial charge in [0.1, 0.15) is 11.8 Å². The summed E-state index contributed by atoms with van der Waals surface area (Å²) in [5, 5.41) is 3.00. The van der Waals surface area contributed by atoms with Crippen LogP contribution >= 0.6 is 11.8 Å². The van der Waals surface area contributed by atoms with Crippen molar-refractivity contribution in [2.75, 3.05) is 12.9 Å². The average Bonchev–Trinajstić information content (AvgIpc) is 2.78. The first-order valence-electron chi connectivity index (χ1n) is 10.7. The zero-order chi connectivity index (χ0) is 22.8. The summed E-state index contributed by atoms with van der Waals surface area (Å²) < 4.78 is 5.19. The number of carbonyl (C=O) groups is 2. The molecule has 2 aromatic rings. The standard InChI is InChI=1S/C25H34N2O3S/c1-6-19(3)26-25(29)20(4)27(15-21-9-7-18(2)8-10-21)24(28)17-31-16-22-11-13-23(30-5)14-12-22/h7-14,19-20H,6,15-17H2,1-5H3,(H,26,29)/t19-,20+/m0/s1. The molecule has 2 aromatic carbocycles. The van der Waals surface area contributed by atoms with E-state index in [2.05, 4.69) is 5.32 Å². The molecular formula is C25H34N2O3S. The number of ether oxygens (including phenoxy) is 1. The van der Waals surface area contributed by atoms with E-state index in [-0.39, 0.29) is 17.9 Å². The number of nitrogens with zero attached hydrogens (tertiary/aromatic N) is 1. The van der Waals surface area contributed by atoms with Gasteiger partial charge in [-0.15, -0.1) is 11.8 Å². The molecular weight excluding hydrogens is 408 g/mol. The smallest absolute Gasteiger partial charge is 0.242 e. The number of aryl methyl sites for hydroxylation is 1. The number of methoxy groups -OCH3 is 1. The number of carbonyl (C=O) groups excluding carboxylic acids is 2. The summed E-state index contributed by atoms with van der Waals surface area (Å²) in [5.41, 5.74) is 3.31. The van der Waals surface area contributed by atoms with E-state index in [1.807, 2.05) is 69.3 Å². The first-order valence-corrected chi connectivity index (χ1v) is 11.9. The van der Waals surface area contributed by atoms with Gasteiger partial charge in [-0.1, -0.05) is 48.9 Å². The lowest BCUT2D eigenvalue weighted by Crippen LogP contribution is -2.50. The molecule has 0 saturated heterocycles. The molecule has 0 aromatic heterocycles. The zero-order valence-electron chi connectivity index (χ0n) is 19.2. The van der Waals surface area contributed by atoms with Crippen molar-refractivity contribution in [1.29, 1.82) is 0 Å². The molecule has 2 amide bonds. The van der Waals surface area contributed by atoms with Crippen molar-refractivity contribution in [1.82, 2.24) is 10.2 Å². The van der Waals surface area contributed by atoms with Gasteiger partial charge in [0.15, 0.2) is 0 Å². The zero-order valence-corrected chi connectivity index (χ0v) is 20.0. The van der Waals surface area contributed by atoms with Crippen LogP contribution in [0.1, 0.15) is 43.9 Å². The maximum absolute atomic E-state index is 13.1. The Morgan fingerprint density at radius 2 is 1.65 bits per heavy atom. The molecule has 0 radical (unpaired) electrons. The lowest BCUT2D eigenvalue weighted by molar-refractivity contribution is -0.138. The molecule has 0 aliphatic heterocycles. The number of amides is 2. The molecule has 31 heavy (non-hydrogen) atoms. The number of hydrogen-bond acceptors (Lipinski definition) is 4. The van der Waals surface area contributed by atoms with Crippen molar-refractivity contribution in [3.05, 3.63) is 65.2 Å². The average molecular weight is 443 g/mol. The van der Waals surface area contributed by atoms with Crippen molar-refractivity contribution in [3.63, 3.8) is 0 Å². The summed E-state index contributed by atoms with van der Waals surface area (Å²) in [6.45, 7) is 8.25. The predicted octanol–water partition coefficient (Wildman–Crippen LogP) is 4.57. The van der Waals surface area contributed by atoms with Crippen LogP contribution < -0.4 is 10.1 Å². The molecule has 5 nitrogen and oxygen atoms in total. The number of hydrogen-bond donors (Lipinski definition) is 1. The van der Waals surface area contributed by atoms with Crippen LogP contribution in [0.15, 0.2) is 48.5 Å². The number of rotatable bonds is 11. The van der Waals surface area contributed by atoms with Crippen LogP contribution in [-0.4, -0.2) is 41.7 Å². The Morgan fingerprint density at radius 1 is 1.03 bits per heavy atom. The highest BCUT2D eigenvalue weighted by molar-refractivity contribution is 7.99. The fraction of sp³-hybridized carbons (Fsp3) is 0.440.